The van der Waals surface area contributed by atoms with E-state index in [9.17, 15) is 14.9 Å². The van der Waals surface area contributed by atoms with Crippen LogP contribution in [0.4, 0.5) is 11.5 Å². The van der Waals surface area contributed by atoms with Gasteiger partial charge < -0.3 is 16.2 Å². The number of pyridine rings is 1. The molecule has 102 valence electrons. The van der Waals surface area contributed by atoms with E-state index in [1.54, 1.807) is 0 Å². The van der Waals surface area contributed by atoms with Crippen molar-refractivity contribution < 1.29 is 14.5 Å². The van der Waals surface area contributed by atoms with Crippen molar-refractivity contribution in [1.82, 2.24) is 4.98 Å². The number of aromatic nitrogens is 1. The van der Waals surface area contributed by atoms with Gasteiger partial charge >= 0.3 is 11.6 Å². The van der Waals surface area contributed by atoms with Crippen molar-refractivity contribution in [2.45, 2.75) is 0 Å². The summed E-state index contributed by atoms with van der Waals surface area (Å²) < 4.78 is 5.30. The summed E-state index contributed by atoms with van der Waals surface area (Å²) in [5.41, 5.74) is 10.6. The standard InChI is InChI=1S/C12H10N4O4/c13-10-6-5-9(16(18)19)12(15-10)20-8-3-1-7(2-4-8)11(14)17/h1-6H,(H2,13,15)(H2,14,17). The third-order valence-electron chi connectivity index (χ3n) is 2.41. The van der Waals surface area contributed by atoms with E-state index in [1.807, 2.05) is 0 Å². The zero-order chi connectivity index (χ0) is 14.7. The average molecular weight is 274 g/mol. The highest BCUT2D eigenvalue weighted by atomic mass is 16.6. The van der Waals surface area contributed by atoms with E-state index < -0.39 is 10.8 Å². The van der Waals surface area contributed by atoms with Crippen molar-refractivity contribution in [2.75, 3.05) is 5.73 Å². The summed E-state index contributed by atoms with van der Waals surface area (Å²) in [6.45, 7) is 0. The Morgan fingerprint density at radius 2 is 1.85 bits per heavy atom. The zero-order valence-electron chi connectivity index (χ0n) is 10.1. The first-order valence-corrected chi connectivity index (χ1v) is 5.46. The van der Waals surface area contributed by atoms with Crippen LogP contribution in [0.15, 0.2) is 36.4 Å². The number of amides is 1. The molecule has 4 N–H and O–H groups in total. The van der Waals surface area contributed by atoms with E-state index in [2.05, 4.69) is 4.98 Å². The number of nitrogens with zero attached hydrogens (tertiary/aromatic N) is 2. The van der Waals surface area contributed by atoms with Crippen molar-refractivity contribution >= 4 is 17.4 Å². The van der Waals surface area contributed by atoms with Gasteiger partial charge in [0, 0.05) is 11.6 Å². The SMILES string of the molecule is NC(=O)c1ccc(Oc2nc(N)ccc2[N+](=O)[O-])cc1. The number of anilines is 1. The van der Waals surface area contributed by atoms with E-state index in [4.69, 9.17) is 16.2 Å². The van der Waals surface area contributed by atoms with Gasteiger partial charge in [0.2, 0.25) is 5.91 Å². The lowest BCUT2D eigenvalue weighted by Gasteiger charge is -2.06. The summed E-state index contributed by atoms with van der Waals surface area (Å²) >= 11 is 0. The normalized spacial score (nSPS) is 10.0. The van der Waals surface area contributed by atoms with Crippen LogP contribution in [0, 0.1) is 10.1 Å². The Labute approximate surface area is 113 Å². The molecule has 0 aliphatic rings. The molecule has 0 saturated heterocycles. The third kappa shape index (κ3) is 2.80. The molecule has 0 aliphatic heterocycles. The average Bonchev–Trinajstić information content (AvgIpc) is 2.39. The summed E-state index contributed by atoms with van der Waals surface area (Å²) in [5, 5.41) is 10.9. The second-order valence-electron chi connectivity index (χ2n) is 3.81. The van der Waals surface area contributed by atoms with Crippen LogP contribution in [0.25, 0.3) is 0 Å². The minimum atomic E-state index is -0.625. The molecular weight excluding hydrogens is 264 g/mol. The molecule has 0 fully saturated rings. The molecule has 8 heteroatoms. The summed E-state index contributed by atoms with van der Waals surface area (Å²) in [6, 6.07) is 8.30. The van der Waals surface area contributed by atoms with Crippen molar-refractivity contribution in [3.63, 3.8) is 0 Å². The number of primary amides is 1. The van der Waals surface area contributed by atoms with Crippen LogP contribution in [0.3, 0.4) is 0 Å². The Balaban J connectivity index is 2.31. The van der Waals surface area contributed by atoms with Crippen LogP contribution in [-0.2, 0) is 0 Å². The maximum atomic E-state index is 10.9. The Bertz CT molecular complexity index is 670. The first-order chi connectivity index (χ1) is 9.47. The van der Waals surface area contributed by atoms with Gasteiger partial charge in [-0.2, -0.15) is 4.98 Å². The molecule has 0 bridgehead atoms. The predicted octanol–water partition coefficient (Wildman–Crippen LogP) is 1.46. The number of benzene rings is 1. The van der Waals surface area contributed by atoms with Crippen molar-refractivity contribution in [2.24, 2.45) is 5.73 Å². The largest absolute Gasteiger partial charge is 0.434 e. The highest BCUT2D eigenvalue weighted by Crippen LogP contribution is 2.30. The van der Waals surface area contributed by atoms with Crippen LogP contribution in [-0.4, -0.2) is 15.8 Å². The van der Waals surface area contributed by atoms with Crippen molar-refractivity contribution in [3.8, 4) is 11.6 Å². The molecule has 0 unspecified atom stereocenters. The monoisotopic (exact) mass is 274 g/mol. The molecule has 2 rings (SSSR count). The van der Waals surface area contributed by atoms with Gasteiger partial charge in [-0.15, -0.1) is 0 Å². The number of carbonyl (C=O) groups excluding carboxylic acids is 1. The molecule has 0 aliphatic carbocycles. The molecule has 2 aromatic rings. The number of nitrogen functional groups attached to an aromatic ring is 1. The Morgan fingerprint density at radius 1 is 1.20 bits per heavy atom. The topological polar surface area (TPSA) is 134 Å². The van der Waals surface area contributed by atoms with Crippen LogP contribution in [0.1, 0.15) is 10.4 Å². The van der Waals surface area contributed by atoms with Gasteiger partial charge in [-0.25, -0.2) is 0 Å². The number of rotatable bonds is 4. The number of carbonyl (C=O) groups is 1. The second kappa shape index (κ2) is 5.22. The molecule has 1 heterocycles. The first-order valence-electron chi connectivity index (χ1n) is 5.46. The van der Waals surface area contributed by atoms with E-state index >= 15 is 0 Å². The summed E-state index contributed by atoms with van der Waals surface area (Å²) in [6.07, 6.45) is 0. The van der Waals surface area contributed by atoms with Crippen LogP contribution in [0.2, 0.25) is 0 Å². The third-order valence-corrected chi connectivity index (χ3v) is 2.41. The molecule has 1 amide bonds. The number of nitro groups is 1. The summed E-state index contributed by atoms with van der Waals surface area (Å²) in [7, 11) is 0. The molecule has 20 heavy (non-hydrogen) atoms. The van der Waals surface area contributed by atoms with Gasteiger partial charge in [0.25, 0.3) is 0 Å². The fourth-order valence-electron chi connectivity index (χ4n) is 1.46. The van der Waals surface area contributed by atoms with Crippen LogP contribution < -0.4 is 16.2 Å². The smallest absolute Gasteiger partial charge is 0.331 e. The molecule has 0 spiro atoms. The lowest BCUT2D eigenvalue weighted by Crippen LogP contribution is -2.10. The van der Waals surface area contributed by atoms with E-state index in [1.165, 1.54) is 36.4 Å². The van der Waals surface area contributed by atoms with Crippen molar-refractivity contribution in [3.05, 3.63) is 52.1 Å². The number of ether oxygens (including phenoxy) is 1. The Hall–Kier alpha value is -3.16. The van der Waals surface area contributed by atoms with E-state index in [0.717, 1.165) is 0 Å². The maximum Gasteiger partial charge on any atom is 0.331 e. The number of hydrogen-bond donors (Lipinski definition) is 2. The van der Waals surface area contributed by atoms with Crippen molar-refractivity contribution in [1.29, 1.82) is 0 Å². The van der Waals surface area contributed by atoms with Crippen LogP contribution in [0.5, 0.6) is 11.6 Å². The van der Waals surface area contributed by atoms with Gasteiger partial charge in [-0.3, -0.25) is 14.9 Å². The lowest BCUT2D eigenvalue weighted by molar-refractivity contribution is -0.386. The highest BCUT2D eigenvalue weighted by molar-refractivity contribution is 5.92. The highest BCUT2D eigenvalue weighted by Gasteiger charge is 2.18. The lowest BCUT2D eigenvalue weighted by atomic mass is 10.2. The second-order valence-corrected chi connectivity index (χ2v) is 3.81. The maximum absolute atomic E-state index is 10.9. The Morgan fingerprint density at radius 3 is 2.40 bits per heavy atom. The molecule has 1 aromatic carbocycles. The molecule has 0 atom stereocenters. The van der Waals surface area contributed by atoms with Gasteiger partial charge in [-0.1, -0.05) is 0 Å². The van der Waals surface area contributed by atoms with Gasteiger partial charge in [0.05, 0.1) is 4.92 Å². The van der Waals surface area contributed by atoms with Gasteiger partial charge in [-0.05, 0) is 30.3 Å². The quantitative estimate of drug-likeness (QED) is 0.640. The molecule has 0 radical (unpaired) electrons. The first kappa shape index (κ1) is 13.3. The Kier molecular flexibility index (Phi) is 3.47. The molecule has 1 aromatic heterocycles. The van der Waals surface area contributed by atoms with Gasteiger partial charge in [0.1, 0.15) is 11.6 Å². The summed E-state index contributed by atoms with van der Waals surface area (Å²) in [4.78, 5) is 24.9. The fourth-order valence-corrected chi connectivity index (χ4v) is 1.46. The molecule has 8 nitrogen and oxygen atoms in total. The van der Waals surface area contributed by atoms with Gasteiger partial charge in [0.15, 0.2) is 0 Å². The van der Waals surface area contributed by atoms with Crippen LogP contribution >= 0.6 is 0 Å². The van der Waals surface area contributed by atoms with E-state index in [0.29, 0.717) is 5.56 Å². The minimum absolute atomic E-state index is 0.0966. The molecular formula is C12H10N4O4. The molecule has 0 saturated carbocycles. The van der Waals surface area contributed by atoms with E-state index in [-0.39, 0.29) is 23.1 Å². The predicted molar refractivity (Wildman–Crippen MR) is 70.3 cm³/mol. The minimum Gasteiger partial charge on any atom is -0.434 e. The number of nitrogens with two attached hydrogens (primary N) is 2. The fraction of sp³-hybridized carbons (Fsp3) is 0. The summed E-state index contributed by atoms with van der Waals surface area (Å²) in [5.74, 6) is -0.429. The zero-order valence-corrected chi connectivity index (χ0v) is 10.1. The number of hydrogen-bond acceptors (Lipinski definition) is 6.